The SMILES string of the molecule is COc1ccc(NC(=O)CN2CCC(C(=O)Nc3ccccc3OC)CC2)c(OC)c1. The van der Waals surface area contributed by atoms with E-state index in [0.29, 0.717) is 54.6 Å². The van der Waals surface area contributed by atoms with Gasteiger partial charge < -0.3 is 24.8 Å². The Hall–Kier alpha value is -3.26. The maximum Gasteiger partial charge on any atom is 0.238 e. The van der Waals surface area contributed by atoms with Gasteiger partial charge >= 0.3 is 0 Å². The molecular weight excluding hydrogens is 398 g/mol. The van der Waals surface area contributed by atoms with Crippen molar-refractivity contribution in [2.24, 2.45) is 5.92 Å². The number of methoxy groups -OCH3 is 3. The van der Waals surface area contributed by atoms with E-state index >= 15 is 0 Å². The Labute approximate surface area is 182 Å². The normalized spacial score (nSPS) is 14.5. The van der Waals surface area contributed by atoms with Gasteiger partial charge in [-0.05, 0) is 50.2 Å². The van der Waals surface area contributed by atoms with Crippen LogP contribution >= 0.6 is 0 Å². The van der Waals surface area contributed by atoms with E-state index in [9.17, 15) is 9.59 Å². The summed E-state index contributed by atoms with van der Waals surface area (Å²) >= 11 is 0. The molecule has 2 N–H and O–H groups in total. The summed E-state index contributed by atoms with van der Waals surface area (Å²) < 4.78 is 15.8. The molecule has 3 rings (SSSR count). The molecule has 8 heteroatoms. The summed E-state index contributed by atoms with van der Waals surface area (Å²) in [6.45, 7) is 1.62. The van der Waals surface area contributed by atoms with Gasteiger partial charge in [0, 0.05) is 12.0 Å². The van der Waals surface area contributed by atoms with Crippen molar-refractivity contribution in [2.45, 2.75) is 12.8 Å². The summed E-state index contributed by atoms with van der Waals surface area (Å²) in [7, 11) is 4.70. The largest absolute Gasteiger partial charge is 0.497 e. The number of hydrogen-bond donors (Lipinski definition) is 2. The molecule has 0 unspecified atom stereocenters. The maximum atomic E-state index is 12.6. The highest BCUT2D eigenvalue weighted by Crippen LogP contribution is 2.29. The van der Waals surface area contributed by atoms with E-state index in [1.807, 2.05) is 24.3 Å². The molecule has 1 fully saturated rings. The summed E-state index contributed by atoms with van der Waals surface area (Å²) in [5, 5.41) is 5.84. The molecule has 0 aliphatic carbocycles. The van der Waals surface area contributed by atoms with Crippen LogP contribution in [0.1, 0.15) is 12.8 Å². The zero-order valence-electron chi connectivity index (χ0n) is 18.1. The first kappa shape index (κ1) is 22.4. The van der Waals surface area contributed by atoms with Crippen molar-refractivity contribution in [3.05, 3.63) is 42.5 Å². The molecule has 1 saturated heterocycles. The number of carbonyl (C=O) groups is 2. The molecule has 1 aliphatic rings. The number of carbonyl (C=O) groups excluding carboxylic acids is 2. The van der Waals surface area contributed by atoms with Gasteiger partial charge in [-0.1, -0.05) is 12.1 Å². The van der Waals surface area contributed by atoms with E-state index in [-0.39, 0.29) is 24.3 Å². The molecule has 0 aromatic heterocycles. The van der Waals surface area contributed by atoms with Crippen LogP contribution in [-0.2, 0) is 9.59 Å². The second-order valence-corrected chi connectivity index (χ2v) is 7.35. The number of piperidine rings is 1. The number of ether oxygens (including phenoxy) is 3. The molecule has 0 saturated carbocycles. The number of nitrogens with zero attached hydrogens (tertiary/aromatic N) is 1. The summed E-state index contributed by atoms with van der Waals surface area (Å²) in [5.74, 6) is 1.60. The predicted octanol–water partition coefficient (Wildman–Crippen LogP) is 3.00. The highest BCUT2D eigenvalue weighted by Gasteiger charge is 2.26. The Morgan fingerprint density at radius 3 is 2.26 bits per heavy atom. The second kappa shape index (κ2) is 10.7. The quantitative estimate of drug-likeness (QED) is 0.673. The fourth-order valence-corrected chi connectivity index (χ4v) is 3.63. The Balaban J connectivity index is 1.48. The third kappa shape index (κ3) is 5.88. The molecule has 8 nitrogen and oxygen atoms in total. The zero-order chi connectivity index (χ0) is 22.2. The fraction of sp³-hybridized carbons (Fsp3) is 0.391. The number of amides is 2. The van der Waals surface area contributed by atoms with Crippen LogP contribution in [0, 0.1) is 5.92 Å². The second-order valence-electron chi connectivity index (χ2n) is 7.35. The standard InChI is InChI=1S/C23H29N3O5/c1-29-17-8-9-19(21(14-17)31-3)24-22(27)15-26-12-10-16(11-13-26)23(28)25-18-6-4-5-7-20(18)30-2/h4-9,14,16H,10-13,15H2,1-3H3,(H,24,27)(H,25,28). The van der Waals surface area contributed by atoms with Crippen molar-refractivity contribution in [3.63, 3.8) is 0 Å². The first-order valence-electron chi connectivity index (χ1n) is 10.2. The van der Waals surface area contributed by atoms with E-state index in [0.717, 1.165) is 0 Å². The molecule has 2 aromatic carbocycles. The molecule has 31 heavy (non-hydrogen) atoms. The minimum atomic E-state index is -0.125. The van der Waals surface area contributed by atoms with Crippen molar-refractivity contribution in [2.75, 3.05) is 51.6 Å². The lowest BCUT2D eigenvalue weighted by atomic mass is 9.95. The van der Waals surface area contributed by atoms with Gasteiger partial charge in [-0.25, -0.2) is 0 Å². The van der Waals surface area contributed by atoms with Crippen LogP contribution in [0.2, 0.25) is 0 Å². The minimum absolute atomic E-state index is 0.0171. The third-order valence-corrected chi connectivity index (χ3v) is 5.37. The molecule has 1 aliphatic heterocycles. The van der Waals surface area contributed by atoms with Gasteiger partial charge in [-0.2, -0.15) is 0 Å². The molecule has 2 aromatic rings. The van der Waals surface area contributed by atoms with Crippen molar-refractivity contribution >= 4 is 23.2 Å². The fourth-order valence-electron chi connectivity index (χ4n) is 3.63. The van der Waals surface area contributed by atoms with Crippen LogP contribution in [0.15, 0.2) is 42.5 Å². The van der Waals surface area contributed by atoms with Crippen molar-refractivity contribution in [3.8, 4) is 17.2 Å². The molecule has 0 radical (unpaired) electrons. The van der Waals surface area contributed by atoms with Gasteiger partial charge in [0.05, 0.1) is 39.2 Å². The lowest BCUT2D eigenvalue weighted by molar-refractivity contribution is -0.121. The Bertz CT molecular complexity index is 910. The van der Waals surface area contributed by atoms with Crippen LogP contribution in [-0.4, -0.2) is 57.7 Å². The van der Waals surface area contributed by atoms with Crippen LogP contribution in [0.5, 0.6) is 17.2 Å². The number of nitrogens with one attached hydrogen (secondary N) is 2. The van der Waals surface area contributed by atoms with E-state index < -0.39 is 0 Å². The summed E-state index contributed by atoms with van der Waals surface area (Å²) in [6.07, 6.45) is 1.39. The molecule has 166 valence electrons. The average Bonchev–Trinajstić information content (AvgIpc) is 2.80. The molecular formula is C23H29N3O5. The number of rotatable bonds is 8. The highest BCUT2D eigenvalue weighted by atomic mass is 16.5. The Morgan fingerprint density at radius 2 is 1.58 bits per heavy atom. The topological polar surface area (TPSA) is 89.1 Å². The number of hydrogen-bond acceptors (Lipinski definition) is 6. The Morgan fingerprint density at radius 1 is 0.903 bits per heavy atom. The number of para-hydroxylation sites is 2. The van der Waals surface area contributed by atoms with Crippen LogP contribution in [0.3, 0.4) is 0 Å². The van der Waals surface area contributed by atoms with Gasteiger partial charge in [-0.15, -0.1) is 0 Å². The average molecular weight is 428 g/mol. The molecule has 0 spiro atoms. The van der Waals surface area contributed by atoms with E-state index in [4.69, 9.17) is 14.2 Å². The number of anilines is 2. The maximum absolute atomic E-state index is 12.6. The lowest BCUT2D eigenvalue weighted by Gasteiger charge is -2.30. The molecule has 2 amide bonds. The smallest absolute Gasteiger partial charge is 0.238 e. The van der Waals surface area contributed by atoms with E-state index in [1.165, 1.54) is 0 Å². The molecule has 0 bridgehead atoms. The first-order chi connectivity index (χ1) is 15.0. The van der Waals surface area contributed by atoms with Gasteiger partial charge in [0.2, 0.25) is 11.8 Å². The summed E-state index contributed by atoms with van der Waals surface area (Å²) in [4.78, 5) is 27.2. The van der Waals surface area contributed by atoms with Gasteiger partial charge in [0.15, 0.2) is 0 Å². The van der Waals surface area contributed by atoms with Gasteiger partial charge in [-0.3, -0.25) is 14.5 Å². The number of benzene rings is 2. The monoisotopic (exact) mass is 427 g/mol. The third-order valence-electron chi connectivity index (χ3n) is 5.37. The van der Waals surface area contributed by atoms with Crippen LogP contribution < -0.4 is 24.8 Å². The van der Waals surface area contributed by atoms with E-state index in [2.05, 4.69) is 15.5 Å². The van der Waals surface area contributed by atoms with Crippen molar-refractivity contribution < 1.29 is 23.8 Å². The summed E-state index contributed by atoms with van der Waals surface area (Å²) in [5.41, 5.74) is 1.27. The van der Waals surface area contributed by atoms with Crippen molar-refractivity contribution in [1.29, 1.82) is 0 Å². The zero-order valence-corrected chi connectivity index (χ0v) is 18.1. The Kier molecular flexibility index (Phi) is 7.72. The lowest BCUT2D eigenvalue weighted by Crippen LogP contribution is -2.41. The highest BCUT2D eigenvalue weighted by molar-refractivity contribution is 5.95. The summed E-state index contributed by atoms with van der Waals surface area (Å²) in [6, 6.07) is 12.6. The van der Waals surface area contributed by atoms with Gasteiger partial charge in [0.1, 0.15) is 17.2 Å². The minimum Gasteiger partial charge on any atom is -0.497 e. The molecule has 0 atom stereocenters. The van der Waals surface area contributed by atoms with Crippen LogP contribution in [0.4, 0.5) is 11.4 Å². The first-order valence-corrected chi connectivity index (χ1v) is 10.2. The van der Waals surface area contributed by atoms with Crippen LogP contribution in [0.25, 0.3) is 0 Å². The van der Waals surface area contributed by atoms with Crippen molar-refractivity contribution in [1.82, 2.24) is 4.90 Å². The van der Waals surface area contributed by atoms with E-state index in [1.54, 1.807) is 39.5 Å². The molecule has 1 heterocycles. The van der Waals surface area contributed by atoms with Gasteiger partial charge in [0.25, 0.3) is 0 Å². The predicted molar refractivity (Wildman–Crippen MR) is 119 cm³/mol. The number of likely N-dealkylation sites (tertiary alicyclic amines) is 1.